The van der Waals surface area contributed by atoms with Crippen molar-refractivity contribution in [2.45, 2.75) is 37.3 Å². The minimum Gasteiger partial charge on any atom is -0.480 e. The molecule has 1 unspecified atom stereocenters. The molecule has 0 aromatic heterocycles. The van der Waals surface area contributed by atoms with Gasteiger partial charge in [-0.15, -0.1) is 0 Å². The molecule has 1 fully saturated rings. The molecular formula is C14H16FNO4. The van der Waals surface area contributed by atoms with Gasteiger partial charge in [0, 0.05) is 0 Å². The SMILES string of the molecule is O=C(CC(O)c1cccc(F)c1)NC1(C(=O)O)CCC1. The second kappa shape index (κ2) is 5.58. The van der Waals surface area contributed by atoms with E-state index < -0.39 is 29.3 Å². The Kier molecular flexibility index (Phi) is 4.04. The number of nitrogens with one attached hydrogen (secondary N) is 1. The standard InChI is InChI=1S/C14H16FNO4/c15-10-4-1-3-9(7-10)11(17)8-12(18)16-14(13(19)20)5-2-6-14/h1,3-4,7,11,17H,2,5-6,8H2,(H,16,18)(H,19,20). The molecule has 0 heterocycles. The molecule has 2 rings (SSSR count). The molecular weight excluding hydrogens is 265 g/mol. The van der Waals surface area contributed by atoms with Gasteiger partial charge in [-0.1, -0.05) is 12.1 Å². The van der Waals surface area contributed by atoms with Crippen molar-refractivity contribution in [3.8, 4) is 0 Å². The molecule has 0 radical (unpaired) electrons. The van der Waals surface area contributed by atoms with Gasteiger partial charge < -0.3 is 15.5 Å². The number of aliphatic hydroxyl groups is 1. The van der Waals surface area contributed by atoms with Gasteiger partial charge in [0.15, 0.2) is 0 Å². The van der Waals surface area contributed by atoms with E-state index in [1.165, 1.54) is 18.2 Å². The van der Waals surface area contributed by atoms with E-state index >= 15 is 0 Å². The molecule has 3 N–H and O–H groups in total. The highest BCUT2D eigenvalue weighted by Gasteiger charge is 2.45. The van der Waals surface area contributed by atoms with Gasteiger partial charge in [0.2, 0.25) is 5.91 Å². The maximum atomic E-state index is 13.0. The molecule has 1 aliphatic rings. The van der Waals surface area contributed by atoms with Crippen molar-refractivity contribution >= 4 is 11.9 Å². The van der Waals surface area contributed by atoms with Crippen LogP contribution < -0.4 is 5.32 Å². The van der Waals surface area contributed by atoms with Crippen LogP contribution in [0.1, 0.15) is 37.4 Å². The monoisotopic (exact) mass is 281 g/mol. The van der Waals surface area contributed by atoms with Crippen molar-refractivity contribution in [1.29, 1.82) is 0 Å². The fourth-order valence-electron chi connectivity index (χ4n) is 2.25. The number of carboxylic acid groups (broad SMARTS) is 1. The van der Waals surface area contributed by atoms with Crippen LogP contribution in [0.25, 0.3) is 0 Å². The van der Waals surface area contributed by atoms with Crippen LogP contribution in [0, 0.1) is 5.82 Å². The number of hydrogen-bond acceptors (Lipinski definition) is 3. The predicted molar refractivity (Wildman–Crippen MR) is 68.3 cm³/mol. The van der Waals surface area contributed by atoms with E-state index in [9.17, 15) is 19.1 Å². The molecule has 1 aliphatic carbocycles. The van der Waals surface area contributed by atoms with Crippen LogP contribution in [-0.2, 0) is 9.59 Å². The highest BCUT2D eigenvalue weighted by atomic mass is 19.1. The lowest BCUT2D eigenvalue weighted by atomic mass is 9.76. The third-order valence-corrected chi connectivity index (χ3v) is 3.61. The number of rotatable bonds is 5. The van der Waals surface area contributed by atoms with Crippen molar-refractivity contribution in [3.63, 3.8) is 0 Å². The minimum absolute atomic E-state index is 0.290. The smallest absolute Gasteiger partial charge is 0.329 e. The summed E-state index contributed by atoms with van der Waals surface area (Å²) < 4.78 is 13.0. The lowest BCUT2D eigenvalue weighted by molar-refractivity contribution is -0.152. The van der Waals surface area contributed by atoms with Gasteiger partial charge in [0.05, 0.1) is 12.5 Å². The van der Waals surface area contributed by atoms with E-state index in [0.29, 0.717) is 12.8 Å². The molecule has 5 nitrogen and oxygen atoms in total. The van der Waals surface area contributed by atoms with E-state index in [2.05, 4.69) is 5.32 Å². The van der Waals surface area contributed by atoms with Crippen molar-refractivity contribution < 1.29 is 24.2 Å². The number of carbonyl (C=O) groups is 2. The zero-order valence-corrected chi connectivity index (χ0v) is 10.8. The average Bonchev–Trinajstić information content (AvgIpc) is 2.33. The number of hydrogen-bond donors (Lipinski definition) is 3. The van der Waals surface area contributed by atoms with Crippen LogP contribution in [0.3, 0.4) is 0 Å². The molecule has 0 aliphatic heterocycles. The van der Waals surface area contributed by atoms with Gasteiger partial charge in [0.1, 0.15) is 11.4 Å². The third kappa shape index (κ3) is 2.96. The molecule has 1 aromatic rings. The Morgan fingerprint density at radius 3 is 2.60 bits per heavy atom. The summed E-state index contributed by atoms with van der Waals surface area (Å²) in [5, 5.41) is 21.4. The van der Waals surface area contributed by atoms with Crippen LogP contribution in [0.4, 0.5) is 4.39 Å². The van der Waals surface area contributed by atoms with Gasteiger partial charge in [-0.3, -0.25) is 4.79 Å². The van der Waals surface area contributed by atoms with Gasteiger partial charge in [-0.25, -0.2) is 9.18 Å². The molecule has 1 aromatic carbocycles. The number of halogens is 1. The summed E-state index contributed by atoms with van der Waals surface area (Å²) in [6, 6.07) is 5.34. The Morgan fingerprint density at radius 2 is 2.10 bits per heavy atom. The Balaban J connectivity index is 1.96. The third-order valence-electron chi connectivity index (χ3n) is 3.61. The maximum Gasteiger partial charge on any atom is 0.329 e. The molecule has 0 bridgehead atoms. The van der Waals surface area contributed by atoms with E-state index in [1.54, 1.807) is 0 Å². The van der Waals surface area contributed by atoms with Crippen molar-refractivity contribution in [3.05, 3.63) is 35.6 Å². The topological polar surface area (TPSA) is 86.6 Å². The molecule has 1 amide bonds. The fraction of sp³-hybridized carbons (Fsp3) is 0.429. The molecule has 0 saturated heterocycles. The summed E-state index contributed by atoms with van der Waals surface area (Å²) in [7, 11) is 0. The average molecular weight is 281 g/mol. The predicted octanol–water partition coefficient (Wildman–Crippen LogP) is 1.37. The summed E-state index contributed by atoms with van der Waals surface area (Å²) in [4.78, 5) is 22.9. The zero-order chi connectivity index (χ0) is 14.8. The van der Waals surface area contributed by atoms with Crippen LogP contribution in [0.5, 0.6) is 0 Å². The summed E-state index contributed by atoms with van der Waals surface area (Å²) in [6.45, 7) is 0. The molecule has 20 heavy (non-hydrogen) atoms. The molecule has 6 heteroatoms. The van der Waals surface area contributed by atoms with E-state index in [0.717, 1.165) is 12.5 Å². The first-order chi connectivity index (χ1) is 9.43. The first kappa shape index (κ1) is 14.5. The lowest BCUT2D eigenvalue weighted by Gasteiger charge is -2.38. The quantitative estimate of drug-likeness (QED) is 0.761. The molecule has 108 valence electrons. The van der Waals surface area contributed by atoms with Gasteiger partial charge >= 0.3 is 5.97 Å². The van der Waals surface area contributed by atoms with Crippen LogP contribution >= 0.6 is 0 Å². The van der Waals surface area contributed by atoms with Crippen LogP contribution in [0.15, 0.2) is 24.3 Å². The highest BCUT2D eigenvalue weighted by Crippen LogP contribution is 2.32. The number of aliphatic carboxylic acids is 1. The number of carboxylic acids is 1. The number of amides is 1. The van der Waals surface area contributed by atoms with E-state index in [4.69, 9.17) is 5.11 Å². The zero-order valence-electron chi connectivity index (χ0n) is 10.8. The number of benzene rings is 1. The van der Waals surface area contributed by atoms with Crippen molar-refractivity contribution in [2.24, 2.45) is 0 Å². The van der Waals surface area contributed by atoms with E-state index in [1.807, 2.05) is 0 Å². The first-order valence-electron chi connectivity index (χ1n) is 6.41. The number of carbonyl (C=O) groups excluding carboxylic acids is 1. The van der Waals surface area contributed by atoms with Gasteiger partial charge in [0.25, 0.3) is 0 Å². The normalized spacial score (nSPS) is 17.9. The van der Waals surface area contributed by atoms with Crippen molar-refractivity contribution in [2.75, 3.05) is 0 Å². The summed E-state index contributed by atoms with van der Waals surface area (Å²) in [6.07, 6.45) is 0.0859. The Morgan fingerprint density at radius 1 is 1.40 bits per heavy atom. The Hall–Kier alpha value is -1.95. The fourth-order valence-corrected chi connectivity index (χ4v) is 2.25. The maximum absolute atomic E-state index is 13.0. The Bertz CT molecular complexity index is 528. The lowest BCUT2D eigenvalue weighted by Crippen LogP contribution is -2.59. The highest BCUT2D eigenvalue weighted by molar-refractivity contribution is 5.88. The van der Waals surface area contributed by atoms with E-state index in [-0.39, 0.29) is 12.0 Å². The Labute approximate surface area is 115 Å². The van der Waals surface area contributed by atoms with Crippen LogP contribution in [0.2, 0.25) is 0 Å². The minimum atomic E-state index is -1.20. The largest absolute Gasteiger partial charge is 0.480 e. The summed E-state index contributed by atoms with van der Waals surface area (Å²) >= 11 is 0. The van der Waals surface area contributed by atoms with Crippen LogP contribution in [-0.4, -0.2) is 27.6 Å². The second-order valence-corrected chi connectivity index (χ2v) is 5.06. The number of aliphatic hydroxyl groups excluding tert-OH is 1. The summed E-state index contributed by atoms with van der Waals surface area (Å²) in [5.41, 5.74) is -0.906. The van der Waals surface area contributed by atoms with Gasteiger partial charge in [-0.2, -0.15) is 0 Å². The van der Waals surface area contributed by atoms with Gasteiger partial charge in [-0.05, 0) is 37.0 Å². The second-order valence-electron chi connectivity index (χ2n) is 5.06. The molecule has 1 atom stereocenters. The summed E-state index contributed by atoms with van der Waals surface area (Å²) in [5.74, 6) is -2.11. The van der Waals surface area contributed by atoms with Crippen molar-refractivity contribution in [1.82, 2.24) is 5.32 Å². The first-order valence-corrected chi connectivity index (χ1v) is 6.41. The molecule has 0 spiro atoms. The molecule has 1 saturated carbocycles.